The molecule has 2 amide bonds. The lowest BCUT2D eigenvalue weighted by Crippen LogP contribution is -2.51. The number of hydrogen-bond donors (Lipinski definition) is 2. The number of carbonyl (C=O) groups excluding carboxylic acids is 2. The molecule has 2 atom stereocenters. The SMILES string of the molecule is CSCC[C@@H](C(=O)O)N(C(=O)CN(Cc1cccc2ccccc12)C[C@@H]1CCCN1C(=O)CN)c1cccs1. The van der Waals surface area contributed by atoms with Crippen LogP contribution in [-0.2, 0) is 20.9 Å². The van der Waals surface area contributed by atoms with E-state index >= 15 is 0 Å². The summed E-state index contributed by atoms with van der Waals surface area (Å²) in [7, 11) is 0. The minimum atomic E-state index is -1.01. The number of nitrogens with zero attached hydrogens (tertiary/aromatic N) is 3. The van der Waals surface area contributed by atoms with Crippen molar-refractivity contribution in [2.45, 2.75) is 37.9 Å². The molecule has 208 valence electrons. The largest absolute Gasteiger partial charge is 0.480 e. The average molecular weight is 569 g/mol. The first kappa shape index (κ1) is 29.1. The molecule has 1 aromatic heterocycles. The van der Waals surface area contributed by atoms with Gasteiger partial charge in [-0.3, -0.25) is 19.4 Å². The topological polar surface area (TPSA) is 107 Å². The normalized spacial score (nSPS) is 16.1. The van der Waals surface area contributed by atoms with E-state index < -0.39 is 12.0 Å². The summed E-state index contributed by atoms with van der Waals surface area (Å²) < 4.78 is 0. The van der Waals surface area contributed by atoms with E-state index in [2.05, 4.69) is 29.2 Å². The number of thiophene rings is 1. The van der Waals surface area contributed by atoms with Crippen LogP contribution in [0.25, 0.3) is 10.8 Å². The standard InChI is InChI=1S/C29H36N4O4S2/c1-38-16-13-25(29(36)37)33(28-12-6-15-39-28)27(35)20-31(19-23-10-5-14-32(23)26(34)17-30)18-22-9-4-8-21-7-2-3-11-24(21)22/h2-4,6-9,11-12,15,23,25H,5,10,13-14,16-20,30H2,1H3,(H,36,37)/t23-,25-/m0/s1. The van der Waals surface area contributed by atoms with Crippen molar-refractivity contribution in [3.63, 3.8) is 0 Å². The average Bonchev–Trinajstić information content (AvgIpc) is 3.63. The third-order valence-corrected chi connectivity index (χ3v) is 8.69. The van der Waals surface area contributed by atoms with E-state index in [0.717, 1.165) is 29.2 Å². The molecule has 1 saturated heterocycles. The maximum absolute atomic E-state index is 14.0. The van der Waals surface area contributed by atoms with Crippen LogP contribution in [-0.4, -0.2) is 83.0 Å². The first-order chi connectivity index (χ1) is 18.9. The highest BCUT2D eigenvalue weighted by atomic mass is 32.2. The fourth-order valence-electron chi connectivity index (χ4n) is 5.34. The van der Waals surface area contributed by atoms with Gasteiger partial charge in [0, 0.05) is 25.7 Å². The lowest BCUT2D eigenvalue weighted by Gasteiger charge is -2.33. The van der Waals surface area contributed by atoms with Gasteiger partial charge < -0.3 is 15.7 Å². The number of fused-ring (bicyclic) bond motifs is 1. The van der Waals surface area contributed by atoms with Crippen LogP contribution in [0.2, 0.25) is 0 Å². The van der Waals surface area contributed by atoms with Gasteiger partial charge in [-0.05, 0) is 65.1 Å². The van der Waals surface area contributed by atoms with Gasteiger partial charge >= 0.3 is 5.97 Å². The van der Waals surface area contributed by atoms with Gasteiger partial charge in [0.2, 0.25) is 11.8 Å². The van der Waals surface area contributed by atoms with Crippen LogP contribution in [0.3, 0.4) is 0 Å². The Bertz CT molecular complexity index is 1260. The lowest BCUT2D eigenvalue weighted by atomic mass is 10.0. The molecule has 2 heterocycles. The number of hydrogen-bond acceptors (Lipinski definition) is 7. The first-order valence-electron chi connectivity index (χ1n) is 13.2. The second kappa shape index (κ2) is 13.9. The van der Waals surface area contributed by atoms with E-state index in [4.69, 9.17) is 5.73 Å². The number of benzene rings is 2. The molecule has 0 aliphatic carbocycles. The fourth-order valence-corrected chi connectivity index (χ4v) is 6.60. The van der Waals surface area contributed by atoms with Crippen molar-refractivity contribution in [1.29, 1.82) is 0 Å². The quantitative estimate of drug-likeness (QED) is 0.322. The Kier molecular flexibility index (Phi) is 10.4. The molecule has 1 aliphatic heterocycles. The van der Waals surface area contributed by atoms with Crippen LogP contribution in [0, 0.1) is 0 Å². The number of thioether (sulfide) groups is 1. The van der Waals surface area contributed by atoms with Crippen molar-refractivity contribution < 1.29 is 19.5 Å². The van der Waals surface area contributed by atoms with Gasteiger partial charge in [-0.15, -0.1) is 11.3 Å². The first-order valence-corrected chi connectivity index (χ1v) is 15.5. The second-order valence-corrected chi connectivity index (χ2v) is 11.7. The Morgan fingerprint density at radius 2 is 1.95 bits per heavy atom. The molecule has 4 rings (SSSR count). The highest BCUT2D eigenvalue weighted by Crippen LogP contribution is 2.27. The Balaban J connectivity index is 1.65. The molecule has 0 spiro atoms. The van der Waals surface area contributed by atoms with Gasteiger partial charge in [-0.2, -0.15) is 11.8 Å². The van der Waals surface area contributed by atoms with Crippen LogP contribution in [0.1, 0.15) is 24.8 Å². The molecule has 39 heavy (non-hydrogen) atoms. The number of carboxylic acid groups (broad SMARTS) is 1. The highest BCUT2D eigenvalue weighted by Gasteiger charge is 2.34. The number of anilines is 1. The summed E-state index contributed by atoms with van der Waals surface area (Å²) in [6.07, 6.45) is 4.01. The van der Waals surface area contributed by atoms with E-state index in [-0.39, 0.29) is 30.9 Å². The van der Waals surface area contributed by atoms with Crippen LogP contribution in [0.4, 0.5) is 5.00 Å². The van der Waals surface area contributed by atoms with Gasteiger partial charge in [-0.25, -0.2) is 4.79 Å². The number of carboxylic acids is 1. The molecule has 8 nitrogen and oxygen atoms in total. The van der Waals surface area contributed by atoms with E-state index in [1.165, 1.54) is 16.2 Å². The van der Waals surface area contributed by atoms with E-state index in [9.17, 15) is 19.5 Å². The summed E-state index contributed by atoms with van der Waals surface area (Å²) in [6.45, 7) is 1.65. The minimum absolute atomic E-state index is 0.0331. The zero-order chi connectivity index (χ0) is 27.8. The van der Waals surface area contributed by atoms with E-state index in [1.54, 1.807) is 17.8 Å². The number of carbonyl (C=O) groups is 3. The third-order valence-electron chi connectivity index (χ3n) is 7.18. The van der Waals surface area contributed by atoms with Gasteiger partial charge in [0.1, 0.15) is 6.04 Å². The number of amides is 2. The lowest BCUT2D eigenvalue weighted by molar-refractivity contribution is -0.140. The summed E-state index contributed by atoms with van der Waals surface area (Å²) in [6, 6.07) is 16.9. The summed E-state index contributed by atoms with van der Waals surface area (Å²) in [5, 5.41) is 14.8. The molecule has 1 aliphatic rings. The van der Waals surface area contributed by atoms with Crippen LogP contribution in [0.15, 0.2) is 60.0 Å². The summed E-state index contributed by atoms with van der Waals surface area (Å²) in [5.74, 6) is -0.732. The molecular weight excluding hydrogens is 532 g/mol. The summed E-state index contributed by atoms with van der Waals surface area (Å²) in [5.41, 5.74) is 6.76. The Morgan fingerprint density at radius 1 is 1.15 bits per heavy atom. The van der Waals surface area contributed by atoms with Gasteiger partial charge in [-0.1, -0.05) is 42.5 Å². The Hall–Kier alpha value is -2.92. The molecule has 3 aromatic rings. The van der Waals surface area contributed by atoms with Crippen LogP contribution in [0.5, 0.6) is 0 Å². The van der Waals surface area contributed by atoms with Gasteiger partial charge in [0.05, 0.1) is 18.1 Å². The summed E-state index contributed by atoms with van der Waals surface area (Å²) >= 11 is 2.92. The molecule has 2 aromatic carbocycles. The number of likely N-dealkylation sites (tertiary alicyclic amines) is 1. The molecule has 1 fully saturated rings. The number of nitrogens with two attached hydrogens (primary N) is 1. The maximum Gasteiger partial charge on any atom is 0.326 e. The van der Waals surface area contributed by atoms with Crippen molar-refractivity contribution in [2.75, 3.05) is 43.1 Å². The summed E-state index contributed by atoms with van der Waals surface area (Å²) in [4.78, 5) is 44.2. The van der Waals surface area contributed by atoms with Crippen molar-refractivity contribution >= 4 is 56.7 Å². The highest BCUT2D eigenvalue weighted by molar-refractivity contribution is 7.98. The molecule has 0 unspecified atom stereocenters. The zero-order valence-corrected chi connectivity index (χ0v) is 23.8. The van der Waals surface area contributed by atoms with Crippen molar-refractivity contribution in [3.05, 3.63) is 65.5 Å². The van der Waals surface area contributed by atoms with Crippen LogP contribution < -0.4 is 10.6 Å². The van der Waals surface area contributed by atoms with E-state index in [1.807, 2.05) is 40.8 Å². The fraction of sp³-hybridized carbons (Fsp3) is 0.414. The maximum atomic E-state index is 14.0. The molecule has 3 N–H and O–H groups in total. The van der Waals surface area contributed by atoms with Gasteiger partial charge in [0.15, 0.2) is 0 Å². The Labute approximate surface area is 237 Å². The van der Waals surface area contributed by atoms with Crippen molar-refractivity contribution in [1.82, 2.24) is 9.80 Å². The molecule has 0 radical (unpaired) electrons. The Morgan fingerprint density at radius 3 is 2.67 bits per heavy atom. The monoisotopic (exact) mass is 568 g/mol. The van der Waals surface area contributed by atoms with Crippen molar-refractivity contribution in [3.8, 4) is 0 Å². The number of aliphatic carboxylic acids is 1. The molecule has 0 saturated carbocycles. The van der Waals surface area contributed by atoms with Crippen molar-refractivity contribution in [2.24, 2.45) is 5.73 Å². The van der Waals surface area contributed by atoms with E-state index in [0.29, 0.717) is 36.8 Å². The molecule has 0 bridgehead atoms. The van der Waals surface area contributed by atoms with Crippen LogP contribution >= 0.6 is 23.1 Å². The predicted octanol–water partition coefficient (Wildman–Crippen LogP) is 3.89. The predicted molar refractivity (Wildman–Crippen MR) is 159 cm³/mol. The number of rotatable bonds is 13. The molecular formula is C29H36N4O4S2. The second-order valence-electron chi connectivity index (χ2n) is 9.75. The molecule has 10 heteroatoms. The minimum Gasteiger partial charge on any atom is -0.480 e. The smallest absolute Gasteiger partial charge is 0.326 e. The van der Waals surface area contributed by atoms with Gasteiger partial charge in [0.25, 0.3) is 0 Å². The zero-order valence-electron chi connectivity index (χ0n) is 22.2. The third kappa shape index (κ3) is 7.19.